The Hall–Kier alpha value is -2.57. The Bertz CT molecular complexity index is 1110. The zero-order valence-corrected chi connectivity index (χ0v) is 14.7. The van der Waals surface area contributed by atoms with E-state index in [-0.39, 0.29) is 5.41 Å². The van der Waals surface area contributed by atoms with Gasteiger partial charge in [0.25, 0.3) is 0 Å². The first-order valence-electron chi connectivity index (χ1n) is 8.58. The maximum atomic E-state index is 6.34. The van der Waals surface area contributed by atoms with E-state index in [1.54, 1.807) is 0 Å². The highest BCUT2D eigenvalue weighted by Gasteiger charge is 2.41. The molecule has 4 aromatic rings. The highest BCUT2D eigenvalue weighted by atomic mass is 35.5. The number of hydrogen-bond acceptors (Lipinski definition) is 0. The highest BCUT2D eigenvalue weighted by Crippen LogP contribution is 2.54. The minimum Gasteiger partial charge on any atom is -0.0843 e. The third-order valence-electron chi connectivity index (χ3n) is 5.61. The number of fused-ring (bicyclic) bond motifs is 5. The molecule has 0 aromatic heterocycles. The fourth-order valence-corrected chi connectivity index (χ4v) is 4.54. The standard InChI is InChI=1S/C24H17Cl/c1-24(17-7-3-2-4-8-17)21-10-6-5-9-19(21)23-20-15-18(25)13-11-16(20)12-14-22(23)24/h2-15H,1H3. The molecule has 1 aliphatic carbocycles. The summed E-state index contributed by atoms with van der Waals surface area (Å²) in [4.78, 5) is 0. The molecule has 5 rings (SSSR count). The Kier molecular flexibility index (Phi) is 3.07. The summed E-state index contributed by atoms with van der Waals surface area (Å²) in [6.45, 7) is 2.34. The van der Waals surface area contributed by atoms with Gasteiger partial charge in [0.1, 0.15) is 0 Å². The molecule has 0 saturated heterocycles. The summed E-state index contributed by atoms with van der Waals surface area (Å²) < 4.78 is 0. The van der Waals surface area contributed by atoms with Gasteiger partial charge in [-0.2, -0.15) is 0 Å². The Morgan fingerprint density at radius 1 is 0.720 bits per heavy atom. The Morgan fingerprint density at radius 2 is 1.44 bits per heavy atom. The van der Waals surface area contributed by atoms with Crippen LogP contribution in [0.3, 0.4) is 0 Å². The van der Waals surface area contributed by atoms with Gasteiger partial charge in [-0.05, 0) is 57.6 Å². The van der Waals surface area contributed by atoms with E-state index in [2.05, 4.69) is 85.8 Å². The summed E-state index contributed by atoms with van der Waals surface area (Å²) in [7, 11) is 0. The third kappa shape index (κ3) is 1.95. The summed E-state index contributed by atoms with van der Waals surface area (Å²) in [6.07, 6.45) is 0. The predicted octanol–water partition coefficient (Wildman–Crippen LogP) is 6.83. The molecule has 0 fully saturated rings. The summed E-state index contributed by atoms with van der Waals surface area (Å²) in [5, 5.41) is 3.25. The number of benzene rings is 4. The van der Waals surface area contributed by atoms with Crippen molar-refractivity contribution in [3.05, 3.63) is 107 Å². The maximum absolute atomic E-state index is 6.34. The minimum atomic E-state index is -0.149. The summed E-state index contributed by atoms with van der Waals surface area (Å²) in [5.41, 5.74) is 6.53. The zero-order chi connectivity index (χ0) is 17.0. The molecule has 0 bridgehead atoms. The van der Waals surface area contributed by atoms with Crippen molar-refractivity contribution in [2.24, 2.45) is 0 Å². The van der Waals surface area contributed by atoms with Gasteiger partial charge in [0, 0.05) is 10.4 Å². The predicted molar refractivity (Wildman–Crippen MR) is 106 cm³/mol. The van der Waals surface area contributed by atoms with Crippen LogP contribution in [-0.2, 0) is 5.41 Å². The molecule has 1 atom stereocenters. The maximum Gasteiger partial charge on any atom is 0.0435 e. The van der Waals surface area contributed by atoms with Crippen LogP contribution in [0.15, 0.2) is 84.9 Å². The van der Waals surface area contributed by atoms with E-state index in [0.29, 0.717) is 0 Å². The van der Waals surface area contributed by atoms with E-state index in [9.17, 15) is 0 Å². The average Bonchev–Trinajstić information content (AvgIpc) is 2.93. The normalized spacial score (nSPS) is 18.2. The average molecular weight is 341 g/mol. The monoisotopic (exact) mass is 340 g/mol. The van der Waals surface area contributed by atoms with Gasteiger partial charge in [-0.15, -0.1) is 0 Å². The smallest absolute Gasteiger partial charge is 0.0435 e. The quantitative estimate of drug-likeness (QED) is 0.356. The summed E-state index contributed by atoms with van der Waals surface area (Å²) >= 11 is 6.34. The molecular weight excluding hydrogens is 324 g/mol. The number of hydrogen-bond donors (Lipinski definition) is 0. The molecular formula is C24H17Cl. The van der Waals surface area contributed by atoms with Gasteiger partial charge in [0.05, 0.1) is 0 Å². The highest BCUT2D eigenvalue weighted by molar-refractivity contribution is 6.31. The van der Waals surface area contributed by atoms with Crippen molar-refractivity contribution in [3.63, 3.8) is 0 Å². The van der Waals surface area contributed by atoms with E-state index in [4.69, 9.17) is 11.6 Å². The molecule has 0 amide bonds. The Balaban J connectivity index is 1.95. The molecule has 1 unspecified atom stereocenters. The van der Waals surface area contributed by atoms with Gasteiger partial charge >= 0.3 is 0 Å². The molecule has 0 aliphatic heterocycles. The fourth-order valence-electron chi connectivity index (χ4n) is 4.36. The molecule has 0 heterocycles. The van der Waals surface area contributed by atoms with E-state index in [1.165, 1.54) is 38.6 Å². The lowest BCUT2D eigenvalue weighted by Gasteiger charge is -2.28. The second kappa shape index (κ2) is 5.21. The minimum absolute atomic E-state index is 0.149. The van der Waals surface area contributed by atoms with E-state index in [1.807, 2.05) is 6.07 Å². The molecule has 1 aliphatic rings. The Morgan fingerprint density at radius 3 is 2.28 bits per heavy atom. The first kappa shape index (κ1) is 14.7. The second-order valence-electron chi connectivity index (χ2n) is 6.89. The Labute approximate surface area is 152 Å². The van der Waals surface area contributed by atoms with Gasteiger partial charge < -0.3 is 0 Å². The summed E-state index contributed by atoms with van der Waals surface area (Å²) in [6, 6.07) is 30.2. The van der Waals surface area contributed by atoms with Crippen molar-refractivity contribution in [1.82, 2.24) is 0 Å². The topological polar surface area (TPSA) is 0 Å². The molecule has 120 valence electrons. The second-order valence-corrected chi connectivity index (χ2v) is 7.33. The molecule has 4 aromatic carbocycles. The van der Waals surface area contributed by atoms with E-state index in [0.717, 1.165) is 5.02 Å². The van der Waals surface area contributed by atoms with Gasteiger partial charge in [-0.1, -0.05) is 84.4 Å². The molecule has 25 heavy (non-hydrogen) atoms. The third-order valence-corrected chi connectivity index (χ3v) is 5.84. The first-order valence-corrected chi connectivity index (χ1v) is 8.95. The lowest BCUT2D eigenvalue weighted by molar-refractivity contribution is 0.714. The van der Waals surface area contributed by atoms with Gasteiger partial charge in [-0.25, -0.2) is 0 Å². The summed E-state index contributed by atoms with van der Waals surface area (Å²) in [5.74, 6) is 0. The number of halogens is 1. The van der Waals surface area contributed by atoms with Crippen molar-refractivity contribution in [2.45, 2.75) is 12.3 Å². The molecule has 0 saturated carbocycles. The fraction of sp³-hybridized carbons (Fsp3) is 0.0833. The van der Waals surface area contributed by atoms with Crippen LogP contribution >= 0.6 is 11.6 Å². The van der Waals surface area contributed by atoms with Crippen molar-refractivity contribution in [1.29, 1.82) is 0 Å². The molecule has 0 spiro atoms. The zero-order valence-electron chi connectivity index (χ0n) is 14.0. The van der Waals surface area contributed by atoms with E-state index >= 15 is 0 Å². The van der Waals surface area contributed by atoms with Gasteiger partial charge in [0.2, 0.25) is 0 Å². The van der Waals surface area contributed by atoms with Crippen LogP contribution in [0.5, 0.6) is 0 Å². The molecule has 0 nitrogen and oxygen atoms in total. The van der Waals surface area contributed by atoms with Crippen LogP contribution in [-0.4, -0.2) is 0 Å². The van der Waals surface area contributed by atoms with Crippen molar-refractivity contribution in [2.75, 3.05) is 0 Å². The van der Waals surface area contributed by atoms with E-state index < -0.39 is 0 Å². The van der Waals surface area contributed by atoms with Gasteiger partial charge in [0.15, 0.2) is 0 Å². The van der Waals surface area contributed by atoms with Crippen molar-refractivity contribution < 1.29 is 0 Å². The lowest BCUT2D eigenvalue weighted by Crippen LogP contribution is -2.22. The molecule has 0 radical (unpaired) electrons. The van der Waals surface area contributed by atoms with Crippen LogP contribution < -0.4 is 0 Å². The van der Waals surface area contributed by atoms with Crippen molar-refractivity contribution in [3.8, 4) is 11.1 Å². The van der Waals surface area contributed by atoms with Crippen molar-refractivity contribution >= 4 is 22.4 Å². The van der Waals surface area contributed by atoms with Crippen LogP contribution in [0.2, 0.25) is 5.02 Å². The first-order chi connectivity index (χ1) is 12.2. The van der Waals surface area contributed by atoms with Crippen LogP contribution in [0.1, 0.15) is 23.6 Å². The number of rotatable bonds is 1. The van der Waals surface area contributed by atoms with Crippen LogP contribution in [0.25, 0.3) is 21.9 Å². The SMILES string of the molecule is CC1(c2ccccc2)c2ccccc2-c2c1ccc1ccc(Cl)cc21. The lowest BCUT2D eigenvalue weighted by atomic mass is 9.74. The molecule has 0 N–H and O–H groups in total. The van der Waals surface area contributed by atoms with Gasteiger partial charge in [-0.3, -0.25) is 0 Å². The molecule has 1 heteroatoms. The largest absolute Gasteiger partial charge is 0.0843 e. The van der Waals surface area contributed by atoms with Crippen LogP contribution in [0.4, 0.5) is 0 Å². The van der Waals surface area contributed by atoms with Crippen LogP contribution in [0, 0.1) is 0 Å².